The summed E-state index contributed by atoms with van der Waals surface area (Å²) in [6, 6.07) is 3.94. The molecule has 2 N–H and O–H groups in total. The van der Waals surface area contributed by atoms with E-state index in [1.807, 2.05) is 19.1 Å². The van der Waals surface area contributed by atoms with E-state index in [4.69, 9.17) is 0 Å². The Morgan fingerprint density at radius 2 is 1.94 bits per heavy atom. The fraction of sp³-hybridized carbons (Fsp3) is 0.462. The normalized spacial score (nSPS) is 20.2. The van der Waals surface area contributed by atoms with Crippen LogP contribution in [0.25, 0.3) is 0 Å². The number of anilines is 1. The van der Waals surface area contributed by atoms with Crippen LogP contribution in [0.3, 0.4) is 0 Å². The number of halogens is 2. The Bertz CT molecular complexity index is 439. The average Bonchev–Trinajstić information content (AvgIpc) is 2.49. The highest BCUT2D eigenvalue weighted by Gasteiger charge is 2.21. The third-order valence-electron chi connectivity index (χ3n) is 3.04. The molecule has 1 aromatic rings. The summed E-state index contributed by atoms with van der Waals surface area (Å²) >= 11 is 7.08. The minimum absolute atomic E-state index is 0.0897. The Morgan fingerprint density at radius 3 is 2.61 bits per heavy atom. The predicted octanol–water partition coefficient (Wildman–Crippen LogP) is 3.60. The van der Waals surface area contributed by atoms with Crippen LogP contribution in [0.5, 0.6) is 0 Å². The molecule has 18 heavy (non-hydrogen) atoms. The van der Waals surface area contributed by atoms with Gasteiger partial charge in [-0.05, 0) is 75.7 Å². The molecule has 0 saturated carbocycles. The molecule has 3 nitrogen and oxygen atoms in total. The van der Waals surface area contributed by atoms with E-state index in [-0.39, 0.29) is 11.9 Å². The number of carbonyl (C=O) groups excluding carboxylic acids is 1. The molecule has 98 valence electrons. The third-order valence-corrected chi connectivity index (χ3v) is 4.29. The second-order valence-corrected chi connectivity index (χ2v) is 6.30. The van der Waals surface area contributed by atoms with Crippen molar-refractivity contribution in [2.45, 2.75) is 32.2 Å². The molecule has 1 aliphatic heterocycles. The van der Waals surface area contributed by atoms with Gasteiger partial charge in [-0.3, -0.25) is 4.79 Å². The summed E-state index contributed by atoms with van der Waals surface area (Å²) in [5.41, 5.74) is 2.12. The minimum Gasteiger partial charge on any atom is -0.372 e. The smallest absolute Gasteiger partial charge is 0.242 e. The Morgan fingerprint density at radius 1 is 1.28 bits per heavy atom. The van der Waals surface area contributed by atoms with Crippen LogP contribution in [0.1, 0.15) is 24.8 Å². The summed E-state index contributed by atoms with van der Waals surface area (Å²) in [4.78, 5) is 11.9. The first-order valence-electron chi connectivity index (χ1n) is 6.08. The summed E-state index contributed by atoms with van der Waals surface area (Å²) < 4.78 is 1.96. The van der Waals surface area contributed by atoms with Crippen molar-refractivity contribution in [1.82, 2.24) is 5.32 Å². The van der Waals surface area contributed by atoms with Crippen LogP contribution in [-0.4, -0.2) is 18.5 Å². The lowest BCUT2D eigenvalue weighted by Gasteiger charge is -2.19. The summed E-state index contributed by atoms with van der Waals surface area (Å²) in [7, 11) is 0. The average molecular weight is 376 g/mol. The van der Waals surface area contributed by atoms with Crippen LogP contribution in [0.15, 0.2) is 21.1 Å². The van der Waals surface area contributed by atoms with Gasteiger partial charge in [-0.1, -0.05) is 0 Å². The number of hydrogen-bond acceptors (Lipinski definition) is 2. The largest absolute Gasteiger partial charge is 0.372 e. The van der Waals surface area contributed by atoms with Gasteiger partial charge in [0.25, 0.3) is 0 Å². The number of rotatable bonds is 2. The summed E-state index contributed by atoms with van der Waals surface area (Å²) in [5, 5.41) is 6.26. The lowest BCUT2D eigenvalue weighted by molar-refractivity contribution is -0.121. The van der Waals surface area contributed by atoms with Gasteiger partial charge in [0.15, 0.2) is 0 Å². The molecule has 1 saturated heterocycles. The zero-order valence-electron chi connectivity index (χ0n) is 10.2. The molecule has 2 rings (SSSR count). The number of hydrogen-bond donors (Lipinski definition) is 2. The van der Waals surface area contributed by atoms with Gasteiger partial charge in [0.1, 0.15) is 6.04 Å². The topological polar surface area (TPSA) is 41.1 Å². The van der Waals surface area contributed by atoms with Gasteiger partial charge in [-0.25, -0.2) is 0 Å². The molecule has 1 amide bonds. The number of benzene rings is 1. The fourth-order valence-electron chi connectivity index (χ4n) is 2.09. The second-order valence-electron chi connectivity index (χ2n) is 4.59. The number of nitrogens with one attached hydrogen (secondary N) is 2. The van der Waals surface area contributed by atoms with Crippen molar-refractivity contribution in [3.8, 4) is 0 Å². The second kappa shape index (κ2) is 6.06. The van der Waals surface area contributed by atoms with Crippen molar-refractivity contribution in [2.75, 3.05) is 11.9 Å². The Balaban J connectivity index is 2.20. The van der Waals surface area contributed by atoms with E-state index in [1.54, 1.807) is 0 Å². The van der Waals surface area contributed by atoms with Crippen molar-refractivity contribution in [1.29, 1.82) is 0 Å². The van der Waals surface area contributed by atoms with Gasteiger partial charge in [0, 0.05) is 15.5 Å². The van der Waals surface area contributed by atoms with E-state index in [0.717, 1.165) is 40.4 Å². The molecule has 0 aliphatic carbocycles. The molecular weight excluding hydrogens is 360 g/mol. The SMILES string of the molecule is Cc1cc(Br)c(NC2CCCCNC2=O)c(Br)c1. The van der Waals surface area contributed by atoms with Gasteiger partial charge in [0.05, 0.1) is 5.69 Å². The number of aryl methyl sites for hydroxylation is 1. The molecule has 0 aromatic heterocycles. The standard InChI is InChI=1S/C13H16Br2N2O/c1-8-6-9(14)12(10(15)7-8)17-11-4-2-3-5-16-13(11)18/h6-7,11,17H,2-5H2,1H3,(H,16,18). The zero-order chi connectivity index (χ0) is 13.1. The molecule has 1 unspecified atom stereocenters. The first-order valence-corrected chi connectivity index (χ1v) is 7.66. The van der Waals surface area contributed by atoms with E-state index >= 15 is 0 Å². The van der Waals surface area contributed by atoms with E-state index in [2.05, 4.69) is 42.5 Å². The highest BCUT2D eigenvalue weighted by molar-refractivity contribution is 9.11. The zero-order valence-corrected chi connectivity index (χ0v) is 13.4. The molecule has 1 aliphatic rings. The van der Waals surface area contributed by atoms with Crippen LogP contribution in [0, 0.1) is 6.92 Å². The van der Waals surface area contributed by atoms with Gasteiger partial charge in [-0.2, -0.15) is 0 Å². The maximum absolute atomic E-state index is 11.9. The van der Waals surface area contributed by atoms with E-state index < -0.39 is 0 Å². The molecule has 1 heterocycles. The maximum atomic E-state index is 11.9. The van der Waals surface area contributed by atoms with Gasteiger partial charge < -0.3 is 10.6 Å². The van der Waals surface area contributed by atoms with Crippen LogP contribution in [-0.2, 0) is 4.79 Å². The molecule has 0 spiro atoms. The molecule has 1 aromatic carbocycles. The van der Waals surface area contributed by atoms with Crippen LogP contribution in [0.2, 0.25) is 0 Å². The number of carbonyl (C=O) groups is 1. The Labute approximate surface area is 124 Å². The monoisotopic (exact) mass is 374 g/mol. The quantitative estimate of drug-likeness (QED) is 0.829. The van der Waals surface area contributed by atoms with Crippen molar-refractivity contribution in [3.63, 3.8) is 0 Å². The first-order chi connectivity index (χ1) is 8.58. The molecule has 0 radical (unpaired) electrons. The predicted molar refractivity (Wildman–Crippen MR) is 80.9 cm³/mol. The van der Waals surface area contributed by atoms with Crippen molar-refractivity contribution in [3.05, 3.63) is 26.6 Å². The van der Waals surface area contributed by atoms with E-state index in [1.165, 1.54) is 5.56 Å². The molecular formula is C13H16Br2N2O. The van der Waals surface area contributed by atoms with Crippen LogP contribution >= 0.6 is 31.9 Å². The first kappa shape index (κ1) is 13.9. The summed E-state index contributed by atoms with van der Waals surface area (Å²) in [6.07, 6.45) is 3.00. The molecule has 1 atom stereocenters. The van der Waals surface area contributed by atoms with Gasteiger partial charge >= 0.3 is 0 Å². The van der Waals surface area contributed by atoms with Gasteiger partial charge in [0.2, 0.25) is 5.91 Å². The Kier molecular flexibility index (Phi) is 4.67. The summed E-state index contributed by atoms with van der Waals surface area (Å²) in [5.74, 6) is 0.0897. The highest BCUT2D eigenvalue weighted by atomic mass is 79.9. The van der Waals surface area contributed by atoms with Crippen molar-refractivity contribution in [2.24, 2.45) is 0 Å². The van der Waals surface area contributed by atoms with Crippen molar-refractivity contribution < 1.29 is 4.79 Å². The lowest BCUT2D eigenvalue weighted by Crippen LogP contribution is -2.38. The fourth-order valence-corrected chi connectivity index (χ4v) is 3.73. The highest BCUT2D eigenvalue weighted by Crippen LogP contribution is 2.33. The van der Waals surface area contributed by atoms with Crippen LogP contribution < -0.4 is 10.6 Å². The molecule has 0 bridgehead atoms. The summed E-state index contributed by atoms with van der Waals surface area (Å²) in [6.45, 7) is 2.82. The number of amides is 1. The van der Waals surface area contributed by atoms with Crippen LogP contribution in [0.4, 0.5) is 5.69 Å². The third kappa shape index (κ3) is 3.26. The molecule has 1 fully saturated rings. The minimum atomic E-state index is -0.150. The lowest BCUT2D eigenvalue weighted by atomic mass is 10.1. The Hall–Kier alpha value is -0.550. The molecule has 5 heteroatoms. The van der Waals surface area contributed by atoms with E-state index in [9.17, 15) is 4.79 Å². The van der Waals surface area contributed by atoms with E-state index in [0.29, 0.717) is 0 Å². The van der Waals surface area contributed by atoms with Crippen molar-refractivity contribution >= 4 is 43.5 Å². The maximum Gasteiger partial charge on any atom is 0.242 e. The van der Waals surface area contributed by atoms with Gasteiger partial charge in [-0.15, -0.1) is 0 Å².